The number of hydrogen-bond donors (Lipinski definition) is 1. The maximum atomic E-state index is 12.3. The van der Waals surface area contributed by atoms with Gasteiger partial charge in [-0.1, -0.05) is 20.8 Å². The van der Waals surface area contributed by atoms with Crippen LogP contribution in [0.4, 0.5) is 5.13 Å². The molecule has 1 aromatic heterocycles. The van der Waals surface area contributed by atoms with Crippen molar-refractivity contribution in [3.63, 3.8) is 0 Å². The number of nitrogens with one attached hydrogen (secondary N) is 1. The summed E-state index contributed by atoms with van der Waals surface area (Å²) in [5.74, 6) is -0.464. The number of sulfonamides is 1. The van der Waals surface area contributed by atoms with Crippen molar-refractivity contribution >= 4 is 32.4 Å². The van der Waals surface area contributed by atoms with Crippen molar-refractivity contribution in [3.05, 3.63) is 11.1 Å². The molecule has 1 fully saturated rings. The zero-order valence-corrected chi connectivity index (χ0v) is 15.1. The molecule has 1 aliphatic rings. The number of piperidine rings is 1. The summed E-state index contributed by atoms with van der Waals surface area (Å²) in [7, 11) is -3.24. The van der Waals surface area contributed by atoms with E-state index in [9.17, 15) is 13.2 Å². The minimum absolute atomic E-state index is 0.0581. The number of carbonyl (C=O) groups is 1. The largest absolute Gasteiger partial charge is 0.302 e. The highest BCUT2D eigenvalue weighted by Gasteiger charge is 2.30. The van der Waals surface area contributed by atoms with Gasteiger partial charge in [0.05, 0.1) is 17.9 Å². The maximum Gasteiger partial charge on any atom is 0.230 e. The molecule has 0 aliphatic carbocycles. The van der Waals surface area contributed by atoms with E-state index in [1.807, 2.05) is 5.38 Å². The molecule has 0 spiro atoms. The number of thiazole rings is 1. The van der Waals surface area contributed by atoms with E-state index in [0.29, 0.717) is 24.5 Å². The van der Waals surface area contributed by atoms with Crippen LogP contribution >= 0.6 is 11.3 Å². The molecule has 0 radical (unpaired) electrons. The third-order valence-electron chi connectivity index (χ3n) is 3.73. The number of aromatic nitrogens is 1. The molecule has 1 N–H and O–H groups in total. The van der Waals surface area contributed by atoms with Gasteiger partial charge in [0.25, 0.3) is 0 Å². The van der Waals surface area contributed by atoms with Crippen LogP contribution in [0, 0.1) is 5.92 Å². The van der Waals surface area contributed by atoms with Gasteiger partial charge in [0, 0.05) is 23.9 Å². The second-order valence-corrected chi connectivity index (χ2v) is 9.58. The minimum atomic E-state index is -3.24. The van der Waals surface area contributed by atoms with Crippen LogP contribution in [0.5, 0.6) is 0 Å². The predicted molar refractivity (Wildman–Crippen MR) is 88.6 cm³/mol. The minimum Gasteiger partial charge on any atom is -0.302 e. The summed E-state index contributed by atoms with van der Waals surface area (Å²) < 4.78 is 24.6. The summed E-state index contributed by atoms with van der Waals surface area (Å²) in [5.41, 5.74) is 0.881. The van der Waals surface area contributed by atoms with Crippen LogP contribution in [0.1, 0.15) is 39.3 Å². The van der Waals surface area contributed by atoms with Crippen molar-refractivity contribution in [3.8, 4) is 0 Å². The Bertz CT molecular complexity index is 647. The molecule has 1 atom stereocenters. The van der Waals surface area contributed by atoms with Crippen LogP contribution < -0.4 is 5.32 Å². The topological polar surface area (TPSA) is 79.4 Å². The highest BCUT2D eigenvalue weighted by molar-refractivity contribution is 7.88. The number of rotatable bonds is 3. The van der Waals surface area contributed by atoms with Crippen molar-refractivity contribution in [1.82, 2.24) is 9.29 Å². The highest BCUT2D eigenvalue weighted by atomic mass is 32.2. The zero-order valence-electron chi connectivity index (χ0n) is 13.4. The fourth-order valence-electron chi connectivity index (χ4n) is 2.34. The van der Waals surface area contributed by atoms with Crippen molar-refractivity contribution in [2.45, 2.75) is 39.0 Å². The standard InChI is InChI=1S/C14H23N3O3S2/c1-14(2,3)11-9-21-13(15-11)16-12(18)10-6-5-7-17(8-10)22(4,19)20/h9-10H,5-8H2,1-4H3,(H,15,16,18). The Morgan fingerprint density at radius 3 is 2.68 bits per heavy atom. The van der Waals surface area contributed by atoms with Crippen LogP contribution in [0.3, 0.4) is 0 Å². The van der Waals surface area contributed by atoms with Crippen LogP contribution in [-0.4, -0.2) is 43.0 Å². The fraction of sp³-hybridized carbons (Fsp3) is 0.714. The lowest BCUT2D eigenvalue weighted by Gasteiger charge is -2.29. The zero-order chi connectivity index (χ0) is 16.5. The molecule has 22 heavy (non-hydrogen) atoms. The van der Waals surface area contributed by atoms with Gasteiger partial charge in [-0.05, 0) is 12.8 Å². The van der Waals surface area contributed by atoms with E-state index in [0.717, 1.165) is 5.69 Å². The van der Waals surface area contributed by atoms with Gasteiger partial charge in [-0.3, -0.25) is 4.79 Å². The second-order valence-electron chi connectivity index (χ2n) is 6.74. The summed E-state index contributed by atoms with van der Waals surface area (Å²) in [6.07, 6.45) is 2.59. The quantitative estimate of drug-likeness (QED) is 0.909. The van der Waals surface area contributed by atoms with Gasteiger partial charge in [-0.2, -0.15) is 0 Å². The summed E-state index contributed by atoms with van der Waals surface area (Å²) in [6.45, 7) is 6.95. The Morgan fingerprint density at radius 1 is 1.45 bits per heavy atom. The number of amides is 1. The molecule has 1 amide bonds. The van der Waals surface area contributed by atoms with Crippen LogP contribution in [0.25, 0.3) is 0 Å². The van der Waals surface area contributed by atoms with Gasteiger partial charge in [0.15, 0.2) is 5.13 Å². The average Bonchev–Trinajstić information content (AvgIpc) is 2.86. The van der Waals surface area contributed by atoms with Gasteiger partial charge in [-0.15, -0.1) is 11.3 Å². The monoisotopic (exact) mass is 345 g/mol. The Hall–Kier alpha value is -0.990. The Kier molecular flexibility index (Phi) is 4.93. The van der Waals surface area contributed by atoms with Crippen molar-refractivity contribution < 1.29 is 13.2 Å². The van der Waals surface area contributed by atoms with Crippen LogP contribution in [0.15, 0.2) is 5.38 Å². The molecule has 1 saturated heterocycles. The molecule has 2 heterocycles. The first-order valence-corrected chi connectivity index (χ1v) is 10.0. The normalized spacial score (nSPS) is 20.8. The molecule has 0 saturated carbocycles. The number of nitrogens with zero attached hydrogens (tertiary/aromatic N) is 2. The van der Waals surface area contributed by atoms with Gasteiger partial charge >= 0.3 is 0 Å². The summed E-state index contributed by atoms with van der Waals surface area (Å²) in [6, 6.07) is 0. The SMILES string of the molecule is CC(C)(C)c1csc(NC(=O)C2CCCN(S(C)(=O)=O)C2)n1. The summed E-state index contributed by atoms with van der Waals surface area (Å²) >= 11 is 1.40. The number of carbonyl (C=O) groups excluding carboxylic acids is 1. The van der Waals surface area contributed by atoms with Crippen molar-refractivity contribution in [2.24, 2.45) is 5.92 Å². The Labute approximate surface area is 136 Å². The lowest BCUT2D eigenvalue weighted by Crippen LogP contribution is -2.43. The molecule has 0 aromatic carbocycles. The van der Waals surface area contributed by atoms with Crippen LogP contribution in [0.2, 0.25) is 0 Å². The van der Waals surface area contributed by atoms with E-state index in [1.165, 1.54) is 21.9 Å². The van der Waals surface area contributed by atoms with E-state index in [1.54, 1.807) is 0 Å². The Balaban J connectivity index is 2.01. The van der Waals surface area contributed by atoms with Crippen molar-refractivity contribution in [1.29, 1.82) is 0 Å². The first kappa shape index (κ1) is 17.4. The third kappa shape index (κ3) is 4.27. The predicted octanol–water partition coefficient (Wildman–Crippen LogP) is 2.05. The first-order valence-electron chi connectivity index (χ1n) is 7.29. The van der Waals surface area contributed by atoms with E-state index in [-0.39, 0.29) is 23.8 Å². The second kappa shape index (κ2) is 6.25. The summed E-state index contributed by atoms with van der Waals surface area (Å²) in [5, 5.41) is 5.34. The van der Waals surface area contributed by atoms with E-state index >= 15 is 0 Å². The molecule has 124 valence electrons. The lowest BCUT2D eigenvalue weighted by molar-refractivity contribution is -0.120. The molecular weight excluding hydrogens is 322 g/mol. The van der Waals surface area contributed by atoms with E-state index in [2.05, 4.69) is 31.1 Å². The molecule has 2 rings (SSSR count). The van der Waals surface area contributed by atoms with Gasteiger partial charge < -0.3 is 5.32 Å². The molecule has 1 aliphatic heterocycles. The number of hydrogen-bond acceptors (Lipinski definition) is 5. The van der Waals surface area contributed by atoms with Gasteiger partial charge in [0.2, 0.25) is 15.9 Å². The fourth-order valence-corrected chi connectivity index (χ4v) is 4.19. The highest BCUT2D eigenvalue weighted by Crippen LogP contribution is 2.27. The molecular formula is C14H23N3O3S2. The molecule has 1 unspecified atom stereocenters. The number of anilines is 1. The van der Waals surface area contributed by atoms with Gasteiger partial charge in [-0.25, -0.2) is 17.7 Å². The van der Waals surface area contributed by atoms with Crippen molar-refractivity contribution in [2.75, 3.05) is 24.7 Å². The lowest BCUT2D eigenvalue weighted by atomic mass is 9.93. The third-order valence-corrected chi connectivity index (χ3v) is 5.75. The average molecular weight is 345 g/mol. The maximum absolute atomic E-state index is 12.3. The van der Waals surface area contributed by atoms with E-state index in [4.69, 9.17) is 0 Å². The molecule has 1 aromatic rings. The first-order chi connectivity index (χ1) is 10.1. The van der Waals surface area contributed by atoms with Gasteiger partial charge in [0.1, 0.15) is 0 Å². The van der Waals surface area contributed by atoms with Crippen LogP contribution in [-0.2, 0) is 20.2 Å². The molecule has 6 nitrogen and oxygen atoms in total. The molecule has 8 heteroatoms. The Morgan fingerprint density at radius 2 is 2.14 bits per heavy atom. The summed E-state index contributed by atoms with van der Waals surface area (Å²) in [4.78, 5) is 16.8. The van der Waals surface area contributed by atoms with E-state index < -0.39 is 10.0 Å². The molecule has 0 bridgehead atoms. The smallest absolute Gasteiger partial charge is 0.230 e.